The van der Waals surface area contributed by atoms with Gasteiger partial charge in [0.15, 0.2) is 0 Å². The van der Waals surface area contributed by atoms with Crippen molar-refractivity contribution in [2.45, 2.75) is 19.1 Å². The number of nitrogens with zero attached hydrogens (tertiary/aromatic N) is 2. The third kappa shape index (κ3) is 4.11. The number of para-hydroxylation sites is 1. The Morgan fingerprint density at radius 3 is 2.55 bits per heavy atom. The van der Waals surface area contributed by atoms with Crippen LogP contribution in [0.15, 0.2) is 76.9 Å². The van der Waals surface area contributed by atoms with Crippen LogP contribution >= 0.6 is 11.3 Å². The molecule has 0 fully saturated rings. The summed E-state index contributed by atoms with van der Waals surface area (Å²) in [5.41, 5.74) is 6.83. The summed E-state index contributed by atoms with van der Waals surface area (Å²) in [6, 6.07) is 21.2. The number of hydrogen-bond donors (Lipinski definition) is 2. The lowest BCUT2D eigenvalue weighted by molar-refractivity contribution is -0.118. The molecule has 0 spiro atoms. The van der Waals surface area contributed by atoms with Crippen LogP contribution < -0.4 is 16.6 Å². The highest BCUT2D eigenvalue weighted by atomic mass is 32.1. The Morgan fingerprint density at radius 2 is 1.83 bits per heavy atom. The number of nitrogens with one attached hydrogen (secondary N) is 1. The van der Waals surface area contributed by atoms with Gasteiger partial charge in [-0.05, 0) is 29.1 Å². The molecule has 1 amide bonds. The van der Waals surface area contributed by atoms with Crippen LogP contribution in [0, 0.1) is 0 Å². The lowest BCUT2D eigenvalue weighted by Gasteiger charge is -2.19. The number of aromatic nitrogens is 2. The standard InChI is InChI=1S/C22H20N4O2S/c23-19(27)14-26-20(25-17-10-5-4-9-16(17)22(26)28)13-24-21(18-11-6-12-29-18)15-7-2-1-3-8-15/h1-12,21,24H,13-14H2,(H2,23,27). The van der Waals surface area contributed by atoms with Crippen LogP contribution in [0.25, 0.3) is 10.9 Å². The number of carbonyl (C=O) groups excluding carboxylic acids is 1. The van der Waals surface area contributed by atoms with Crippen LogP contribution in [0.5, 0.6) is 0 Å². The minimum atomic E-state index is -0.580. The molecule has 0 bridgehead atoms. The first-order valence-electron chi connectivity index (χ1n) is 9.22. The van der Waals surface area contributed by atoms with E-state index >= 15 is 0 Å². The number of primary amides is 1. The van der Waals surface area contributed by atoms with E-state index < -0.39 is 5.91 Å². The summed E-state index contributed by atoms with van der Waals surface area (Å²) in [6.07, 6.45) is 0. The molecule has 4 aromatic rings. The Morgan fingerprint density at radius 1 is 1.07 bits per heavy atom. The fraction of sp³-hybridized carbons (Fsp3) is 0.136. The first-order chi connectivity index (χ1) is 14.1. The average molecular weight is 404 g/mol. The molecule has 29 heavy (non-hydrogen) atoms. The number of benzene rings is 2. The van der Waals surface area contributed by atoms with Gasteiger partial charge in [-0.15, -0.1) is 11.3 Å². The molecule has 4 rings (SSSR count). The molecular weight excluding hydrogens is 384 g/mol. The van der Waals surface area contributed by atoms with Crippen molar-refractivity contribution in [3.05, 3.63) is 98.7 Å². The summed E-state index contributed by atoms with van der Waals surface area (Å²) < 4.78 is 1.36. The third-order valence-electron chi connectivity index (χ3n) is 4.68. The van der Waals surface area contributed by atoms with Gasteiger partial charge in [0.25, 0.3) is 5.56 Å². The maximum atomic E-state index is 12.9. The molecule has 0 saturated carbocycles. The Balaban J connectivity index is 1.72. The van der Waals surface area contributed by atoms with E-state index in [0.29, 0.717) is 23.3 Å². The highest BCUT2D eigenvalue weighted by Gasteiger charge is 2.17. The molecule has 0 aliphatic carbocycles. The third-order valence-corrected chi connectivity index (χ3v) is 5.62. The predicted molar refractivity (Wildman–Crippen MR) is 115 cm³/mol. The normalized spacial score (nSPS) is 12.1. The molecule has 0 radical (unpaired) electrons. The van der Waals surface area contributed by atoms with E-state index in [1.165, 1.54) is 4.57 Å². The number of nitrogens with two attached hydrogens (primary N) is 1. The van der Waals surface area contributed by atoms with Gasteiger partial charge in [0, 0.05) is 4.88 Å². The van der Waals surface area contributed by atoms with E-state index in [-0.39, 0.29) is 18.1 Å². The second-order valence-electron chi connectivity index (χ2n) is 6.64. The topological polar surface area (TPSA) is 90.0 Å². The molecular formula is C22H20N4O2S. The fourth-order valence-electron chi connectivity index (χ4n) is 3.34. The fourth-order valence-corrected chi connectivity index (χ4v) is 4.17. The van der Waals surface area contributed by atoms with Gasteiger partial charge in [-0.3, -0.25) is 19.5 Å². The Kier molecular flexibility index (Phi) is 5.50. The molecule has 0 aliphatic rings. The molecule has 2 heterocycles. The van der Waals surface area contributed by atoms with Gasteiger partial charge in [-0.2, -0.15) is 0 Å². The first-order valence-corrected chi connectivity index (χ1v) is 10.1. The molecule has 146 valence electrons. The van der Waals surface area contributed by atoms with Gasteiger partial charge in [0.1, 0.15) is 12.4 Å². The van der Waals surface area contributed by atoms with Crippen LogP contribution in [0.2, 0.25) is 0 Å². The SMILES string of the molecule is NC(=O)Cn1c(CNC(c2ccccc2)c2cccs2)nc2ccccc2c1=O. The highest BCUT2D eigenvalue weighted by Crippen LogP contribution is 2.26. The van der Waals surface area contributed by atoms with Crippen molar-refractivity contribution >= 4 is 28.1 Å². The molecule has 6 nitrogen and oxygen atoms in total. The maximum Gasteiger partial charge on any atom is 0.261 e. The van der Waals surface area contributed by atoms with E-state index in [1.807, 2.05) is 35.7 Å². The monoisotopic (exact) mass is 404 g/mol. The van der Waals surface area contributed by atoms with E-state index in [1.54, 1.807) is 29.5 Å². The second-order valence-corrected chi connectivity index (χ2v) is 7.62. The molecule has 3 N–H and O–H groups in total. The van der Waals surface area contributed by atoms with Crippen LogP contribution in [0.1, 0.15) is 22.3 Å². The second kappa shape index (κ2) is 8.38. The van der Waals surface area contributed by atoms with Gasteiger partial charge >= 0.3 is 0 Å². The number of fused-ring (bicyclic) bond motifs is 1. The van der Waals surface area contributed by atoms with Crippen LogP contribution in [-0.4, -0.2) is 15.5 Å². The van der Waals surface area contributed by atoms with E-state index in [9.17, 15) is 9.59 Å². The van der Waals surface area contributed by atoms with Gasteiger partial charge in [-0.25, -0.2) is 4.98 Å². The summed E-state index contributed by atoms with van der Waals surface area (Å²) in [5.74, 6) is -0.103. The molecule has 1 unspecified atom stereocenters. The number of hydrogen-bond acceptors (Lipinski definition) is 5. The van der Waals surface area contributed by atoms with Gasteiger partial charge in [-0.1, -0.05) is 48.5 Å². The van der Waals surface area contributed by atoms with E-state index in [2.05, 4.69) is 28.5 Å². The number of rotatable bonds is 7. The van der Waals surface area contributed by atoms with Crippen molar-refractivity contribution < 1.29 is 4.79 Å². The van der Waals surface area contributed by atoms with E-state index in [0.717, 1.165) is 10.4 Å². The van der Waals surface area contributed by atoms with Crippen molar-refractivity contribution in [1.29, 1.82) is 0 Å². The zero-order valence-electron chi connectivity index (χ0n) is 15.6. The van der Waals surface area contributed by atoms with Gasteiger partial charge < -0.3 is 5.73 Å². The molecule has 0 aliphatic heterocycles. The molecule has 0 saturated heterocycles. The predicted octanol–water partition coefficient (Wildman–Crippen LogP) is 2.82. The highest BCUT2D eigenvalue weighted by molar-refractivity contribution is 7.10. The molecule has 2 aromatic heterocycles. The van der Waals surface area contributed by atoms with Gasteiger partial charge in [0.05, 0.1) is 23.5 Å². The average Bonchev–Trinajstić information content (AvgIpc) is 3.26. The number of amides is 1. The number of thiophene rings is 1. The Bertz CT molecular complexity index is 1190. The Hall–Kier alpha value is -3.29. The minimum absolute atomic E-state index is 0.0541. The summed E-state index contributed by atoms with van der Waals surface area (Å²) in [4.78, 5) is 30.3. The summed E-state index contributed by atoms with van der Waals surface area (Å²) >= 11 is 1.66. The smallest absolute Gasteiger partial charge is 0.261 e. The maximum absolute atomic E-state index is 12.9. The largest absolute Gasteiger partial charge is 0.368 e. The number of carbonyl (C=O) groups is 1. The molecule has 2 aromatic carbocycles. The molecule has 7 heteroatoms. The van der Waals surface area contributed by atoms with E-state index in [4.69, 9.17) is 5.73 Å². The molecule has 1 atom stereocenters. The Labute approximate surface area is 171 Å². The summed E-state index contributed by atoms with van der Waals surface area (Å²) in [6.45, 7) is 0.105. The van der Waals surface area contributed by atoms with Gasteiger partial charge in [0.2, 0.25) is 5.91 Å². The van der Waals surface area contributed by atoms with Crippen molar-refractivity contribution in [3.63, 3.8) is 0 Å². The summed E-state index contributed by atoms with van der Waals surface area (Å²) in [7, 11) is 0. The van der Waals surface area contributed by atoms with Crippen molar-refractivity contribution in [2.24, 2.45) is 5.73 Å². The zero-order chi connectivity index (χ0) is 20.2. The lowest BCUT2D eigenvalue weighted by atomic mass is 10.1. The lowest BCUT2D eigenvalue weighted by Crippen LogP contribution is -2.34. The van der Waals surface area contributed by atoms with Crippen LogP contribution in [-0.2, 0) is 17.9 Å². The minimum Gasteiger partial charge on any atom is -0.368 e. The van der Waals surface area contributed by atoms with Crippen molar-refractivity contribution in [2.75, 3.05) is 0 Å². The summed E-state index contributed by atoms with van der Waals surface area (Å²) in [5, 5.41) is 6.00. The zero-order valence-corrected chi connectivity index (χ0v) is 16.4. The van der Waals surface area contributed by atoms with Crippen LogP contribution in [0.3, 0.4) is 0 Å². The first kappa shape index (κ1) is 19.0. The quantitative estimate of drug-likeness (QED) is 0.496. The van der Waals surface area contributed by atoms with Crippen molar-refractivity contribution in [1.82, 2.24) is 14.9 Å². The van der Waals surface area contributed by atoms with Crippen molar-refractivity contribution in [3.8, 4) is 0 Å². The van der Waals surface area contributed by atoms with Crippen LogP contribution in [0.4, 0.5) is 0 Å².